The van der Waals surface area contributed by atoms with Crippen LogP contribution in [0.4, 0.5) is 0 Å². The largest absolute Gasteiger partial charge is 0.489 e. The Morgan fingerprint density at radius 2 is 2.10 bits per heavy atom. The van der Waals surface area contributed by atoms with Crippen molar-refractivity contribution in [2.75, 3.05) is 6.54 Å². The molecular weight excluding hydrogens is 270 g/mol. The van der Waals surface area contributed by atoms with E-state index < -0.39 is 5.97 Å². The Bertz CT molecular complexity index is 555. The number of rotatable bonds is 5. The number of hydrogen-bond acceptors (Lipinski definition) is 3. The summed E-state index contributed by atoms with van der Waals surface area (Å²) in [7, 11) is 0. The SMILES string of the molecule is CC(CNC(=O)c1cccc2c1OC(C)C2C)CC(=O)O. The van der Waals surface area contributed by atoms with E-state index in [-0.39, 0.29) is 30.3 Å². The van der Waals surface area contributed by atoms with Crippen molar-refractivity contribution in [3.05, 3.63) is 29.3 Å². The van der Waals surface area contributed by atoms with Gasteiger partial charge in [-0.25, -0.2) is 0 Å². The molecule has 0 fully saturated rings. The van der Waals surface area contributed by atoms with Gasteiger partial charge in [-0.15, -0.1) is 0 Å². The van der Waals surface area contributed by atoms with Gasteiger partial charge in [-0.2, -0.15) is 0 Å². The molecular formula is C16H21NO4. The van der Waals surface area contributed by atoms with Crippen molar-refractivity contribution >= 4 is 11.9 Å². The van der Waals surface area contributed by atoms with Crippen LogP contribution in [0.2, 0.25) is 0 Å². The van der Waals surface area contributed by atoms with Crippen molar-refractivity contribution in [2.24, 2.45) is 5.92 Å². The van der Waals surface area contributed by atoms with E-state index in [1.807, 2.05) is 19.1 Å². The number of hydrogen-bond donors (Lipinski definition) is 2. The van der Waals surface area contributed by atoms with Crippen LogP contribution in [0, 0.1) is 5.92 Å². The summed E-state index contributed by atoms with van der Waals surface area (Å²) in [5, 5.41) is 11.5. The second-order valence-electron chi connectivity index (χ2n) is 5.75. The van der Waals surface area contributed by atoms with Gasteiger partial charge in [0.2, 0.25) is 0 Å². The summed E-state index contributed by atoms with van der Waals surface area (Å²) in [5.41, 5.74) is 1.57. The van der Waals surface area contributed by atoms with E-state index >= 15 is 0 Å². The van der Waals surface area contributed by atoms with Crippen molar-refractivity contribution in [3.63, 3.8) is 0 Å². The highest BCUT2D eigenvalue weighted by molar-refractivity contribution is 5.97. The summed E-state index contributed by atoms with van der Waals surface area (Å²) in [4.78, 5) is 22.9. The van der Waals surface area contributed by atoms with E-state index in [4.69, 9.17) is 9.84 Å². The van der Waals surface area contributed by atoms with Gasteiger partial charge in [0.1, 0.15) is 11.9 Å². The summed E-state index contributed by atoms with van der Waals surface area (Å²) >= 11 is 0. The molecule has 1 aliphatic heterocycles. The third-order valence-electron chi connectivity index (χ3n) is 3.92. The molecule has 3 atom stereocenters. The van der Waals surface area contributed by atoms with Crippen molar-refractivity contribution in [2.45, 2.75) is 39.2 Å². The molecule has 0 bridgehead atoms. The molecule has 21 heavy (non-hydrogen) atoms. The zero-order chi connectivity index (χ0) is 15.6. The smallest absolute Gasteiger partial charge is 0.303 e. The highest BCUT2D eigenvalue weighted by Gasteiger charge is 2.31. The molecule has 0 saturated carbocycles. The number of nitrogens with one attached hydrogen (secondary N) is 1. The van der Waals surface area contributed by atoms with Crippen LogP contribution in [0.1, 0.15) is 49.0 Å². The lowest BCUT2D eigenvalue weighted by molar-refractivity contribution is -0.137. The van der Waals surface area contributed by atoms with Crippen LogP contribution in [0.3, 0.4) is 0 Å². The van der Waals surface area contributed by atoms with E-state index in [9.17, 15) is 9.59 Å². The third kappa shape index (κ3) is 3.35. The molecule has 2 N–H and O–H groups in total. The fourth-order valence-corrected chi connectivity index (χ4v) is 2.50. The van der Waals surface area contributed by atoms with Crippen LogP contribution in [-0.2, 0) is 4.79 Å². The van der Waals surface area contributed by atoms with Gasteiger partial charge in [-0.3, -0.25) is 9.59 Å². The van der Waals surface area contributed by atoms with Crippen LogP contribution in [0.25, 0.3) is 0 Å². The lowest BCUT2D eigenvalue weighted by Gasteiger charge is -2.12. The molecule has 1 aromatic carbocycles. The van der Waals surface area contributed by atoms with Crippen molar-refractivity contribution < 1.29 is 19.4 Å². The first kappa shape index (κ1) is 15.4. The number of carbonyl (C=O) groups excluding carboxylic acids is 1. The Morgan fingerprint density at radius 1 is 1.38 bits per heavy atom. The molecule has 0 spiro atoms. The standard InChI is InChI=1S/C16H21NO4/c1-9(7-14(18)19)8-17-16(20)13-6-4-5-12-10(2)11(3)21-15(12)13/h4-6,9-11H,7-8H2,1-3H3,(H,17,20)(H,18,19). The molecule has 3 unspecified atom stereocenters. The van der Waals surface area contributed by atoms with Crippen LogP contribution in [0.5, 0.6) is 5.75 Å². The molecule has 0 saturated heterocycles. The maximum absolute atomic E-state index is 12.3. The minimum atomic E-state index is -0.858. The van der Waals surface area contributed by atoms with Gasteiger partial charge in [-0.05, 0) is 18.9 Å². The van der Waals surface area contributed by atoms with Crippen molar-refractivity contribution in [3.8, 4) is 5.75 Å². The second kappa shape index (κ2) is 6.16. The Balaban J connectivity index is 2.06. The van der Waals surface area contributed by atoms with E-state index in [1.54, 1.807) is 13.0 Å². The zero-order valence-electron chi connectivity index (χ0n) is 12.6. The first-order valence-corrected chi connectivity index (χ1v) is 7.19. The molecule has 1 aromatic rings. The van der Waals surface area contributed by atoms with E-state index in [1.165, 1.54) is 0 Å². The van der Waals surface area contributed by atoms with Crippen LogP contribution >= 0.6 is 0 Å². The highest BCUT2D eigenvalue weighted by Crippen LogP contribution is 2.40. The number of benzene rings is 1. The quantitative estimate of drug-likeness (QED) is 0.873. The van der Waals surface area contributed by atoms with Crippen LogP contribution in [-0.4, -0.2) is 29.6 Å². The lowest BCUT2D eigenvalue weighted by Crippen LogP contribution is -2.29. The molecule has 5 heteroatoms. The number of amides is 1. The van der Waals surface area contributed by atoms with Gasteiger partial charge >= 0.3 is 5.97 Å². The molecule has 1 aliphatic rings. The predicted molar refractivity (Wildman–Crippen MR) is 78.7 cm³/mol. The Morgan fingerprint density at radius 3 is 2.76 bits per heavy atom. The monoisotopic (exact) mass is 291 g/mol. The Kier molecular flexibility index (Phi) is 4.50. The maximum atomic E-state index is 12.3. The molecule has 5 nitrogen and oxygen atoms in total. The van der Waals surface area contributed by atoms with Gasteiger partial charge in [0, 0.05) is 24.4 Å². The summed E-state index contributed by atoms with van der Waals surface area (Å²) in [6, 6.07) is 5.57. The fourth-order valence-electron chi connectivity index (χ4n) is 2.50. The van der Waals surface area contributed by atoms with Crippen LogP contribution < -0.4 is 10.1 Å². The first-order valence-electron chi connectivity index (χ1n) is 7.19. The minimum absolute atomic E-state index is 0.0394. The van der Waals surface area contributed by atoms with Gasteiger partial charge in [0.15, 0.2) is 0 Å². The zero-order valence-corrected chi connectivity index (χ0v) is 12.6. The Labute approximate surface area is 124 Å². The van der Waals surface area contributed by atoms with E-state index in [0.29, 0.717) is 17.9 Å². The van der Waals surface area contributed by atoms with Gasteiger partial charge in [0.25, 0.3) is 5.91 Å². The maximum Gasteiger partial charge on any atom is 0.303 e. The van der Waals surface area contributed by atoms with E-state index in [0.717, 1.165) is 5.56 Å². The number of carboxylic acids is 1. The average molecular weight is 291 g/mol. The van der Waals surface area contributed by atoms with Gasteiger partial charge in [-0.1, -0.05) is 26.0 Å². The molecule has 0 aliphatic carbocycles. The summed E-state index contributed by atoms with van der Waals surface area (Å²) in [6.45, 7) is 6.19. The number of aliphatic carboxylic acids is 1. The molecule has 1 amide bonds. The van der Waals surface area contributed by atoms with Crippen LogP contribution in [0.15, 0.2) is 18.2 Å². The number of carboxylic acid groups (broad SMARTS) is 1. The summed E-state index contributed by atoms with van der Waals surface area (Å²) in [6.07, 6.45) is 0.0949. The fraction of sp³-hybridized carbons (Fsp3) is 0.500. The second-order valence-corrected chi connectivity index (χ2v) is 5.75. The molecule has 0 radical (unpaired) electrons. The van der Waals surface area contributed by atoms with Crippen molar-refractivity contribution in [1.82, 2.24) is 5.32 Å². The first-order chi connectivity index (χ1) is 9.90. The normalized spacial score (nSPS) is 21.3. The summed E-state index contributed by atoms with van der Waals surface area (Å²) < 4.78 is 5.79. The molecule has 1 heterocycles. The Hall–Kier alpha value is -2.04. The molecule has 2 rings (SSSR count). The predicted octanol–water partition coefficient (Wildman–Crippen LogP) is 2.41. The number of para-hydroxylation sites is 1. The number of carbonyl (C=O) groups is 2. The van der Waals surface area contributed by atoms with Gasteiger partial charge in [0.05, 0.1) is 5.56 Å². The third-order valence-corrected chi connectivity index (χ3v) is 3.92. The van der Waals surface area contributed by atoms with E-state index in [2.05, 4.69) is 12.2 Å². The lowest BCUT2D eigenvalue weighted by atomic mass is 9.96. The molecule has 0 aromatic heterocycles. The molecule has 114 valence electrons. The average Bonchev–Trinajstić information content (AvgIpc) is 2.71. The minimum Gasteiger partial charge on any atom is -0.489 e. The van der Waals surface area contributed by atoms with Crippen molar-refractivity contribution in [1.29, 1.82) is 0 Å². The number of ether oxygens (including phenoxy) is 1. The van der Waals surface area contributed by atoms with Gasteiger partial charge < -0.3 is 15.2 Å². The highest BCUT2D eigenvalue weighted by atomic mass is 16.5. The number of fused-ring (bicyclic) bond motifs is 1. The summed E-state index contributed by atoms with van der Waals surface area (Å²) in [5.74, 6) is -0.268. The topological polar surface area (TPSA) is 75.6 Å².